The van der Waals surface area contributed by atoms with Crippen LogP contribution < -0.4 is 5.32 Å². The average Bonchev–Trinajstić information content (AvgIpc) is 3.53. The second-order valence-electron chi connectivity index (χ2n) is 7.67. The molecule has 0 bridgehead atoms. The van der Waals surface area contributed by atoms with Crippen LogP contribution in [0, 0.1) is 11.8 Å². The summed E-state index contributed by atoms with van der Waals surface area (Å²) in [7, 11) is 1.68. The molecule has 1 heterocycles. The summed E-state index contributed by atoms with van der Waals surface area (Å²) in [6.07, 6.45) is 3.50. The number of nitrogens with one attached hydrogen (secondary N) is 1. The number of ether oxygens (including phenoxy) is 1. The number of methoxy groups -OCH3 is 1. The van der Waals surface area contributed by atoms with Crippen molar-refractivity contribution in [2.75, 3.05) is 33.3 Å². The average molecular weight is 389 g/mol. The molecule has 1 saturated carbocycles. The molecule has 1 N–H and O–H groups in total. The number of rotatable bonds is 4. The summed E-state index contributed by atoms with van der Waals surface area (Å²) in [6.45, 7) is 6.69. The second kappa shape index (κ2) is 8.28. The zero-order valence-electron chi connectivity index (χ0n) is 16.9. The van der Waals surface area contributed by atoms with E-state index in [0.717, 1.165) is 36.9 Å². The van der Waals surface area contributed by atoms with Gasteiger partial charge in [-0.15, -0.1) is 0 Å². The van der Waals surface area contributed by atoms with Crippen LogP contribution in [-0.4, -0.2) is 60.9 Å². The van der Waals surface area contributed by atoms with E-state index in [1.807, 2.05) is 29.2 Å². The van der Waals surface area contributed by atoms with Crippen molar-refractivity contribution in [1.29, 1.82) is 0 Å². The highest BCUT2D eigenvalue weighted by Crippen LogP contribution is 2.35. The molecular formula is C24H27N3O2. The summed E-state index contributed by atoms with van der Waals surface area (Å²) in [6, 6.07) is 14.4. The normalized spacial score (nSPS) is 19.1. The molecule has 1 aliphatic carbocycles. The minimum absolute atomic E-state index is 0.0260. The van der Waals surface area contributed by atoms with E-state index < -0.39 is 0 Å². The molecule has 2 fully saturated rings. The van der Waals surface area contributed by atoms with Gasteiger partial charge in [0.25, 0.3) is 0 Å². The molecule has 4 rings (SSSR count). The Morgan fingerprint density at radius 3 is 2.59 bits per heavy atom. The van der Waals surface area contributed by atoms with E-state index in [0.29, 0.717) is 13.1 Å². The van der Waals surface area contributed by atoms with E-state index >= 15 is 0 Å². The SMILES string of the molecule is C=CC(OC)N1CCN(C(=O)NC2(C#Cc3cccc4ccccc34)CC2)CC1. The number of carbonyl (C=O) groups is 1. The van der Waals surface area contributed by atoms with E-state index in [1.165, 1.54) is 5.39 Å². The van der Waals surface area contributed by atoms with Gasteiger partial charge in [-0.05, 0) is 35.8 Å². The molecule has 5 heteroatoms. The maximum absolute atomic E-state index is 12.8. The highest BCUT2D eigenvalue weighted by atomic mass is 16.5. The number of fused-ring (bicyclic) bond motifs is 1. The third-order valence-corrected chi connectivity index (χ3v) is 5.73. The lowest BCUT2D eigenvalue weighted by atomic mass is 10.0. The largest absolute Gasteiger partial charge is 0.363 e. The van der Waals surface area contributed by atoms with Crippen LogP contribution in [0.3, 0.4) is 0 Å². The van der Waals surface area contributed by atoms with Gasteiger partial charge in [-0.25, -0.2) is 4.79 Å². The number of urea groups is 1. The van der Waals surface area contributed by atoms with Crippen LogP contribution in [-0.2, 0) is 4.74 Å². The smallest absolute Gasteiger partial charge is 0.318 e. The van der Waals surface area contributed by atoms with Gasteiger partial charge in [0.05, 0.1) is 0 Å². The highest BCUT2D eigenvalue weighted by molar-refractivity contribution is 5.88. The number of hydrogen-bond acceptors (Lipinski definition) is 3. The first kappa shape index (κ1) is 19.5. The molecule has 1 saturated heterocycles. The Bertz CT molecular complexity index is 957. The lowest BCUT2D eigenvalue weighted by molar-refractivity contribution is -0.0175. The van der Waals surface area contributed by atoms with Crippen molar-refractivity contribution < 1.29 is 9.53 Å². The van der Waals surface area contributed by atoms with Gasteiger partial charge in [-0.1, -0.05) is 54.8 Å². The molecule has 1 atom stereocenters. The number of carbonyl (C=O) groups excluding carboxylic acids is 1. The van der Waals surface area contributed by atoms with Crippen LogP contribution in [0.4, 0.5) is 4.79 Å². The molecular weight excluding hydrogens is 362 g/mol. The molecule has 0 radical (unpaired) electrons. The van der Waals surface area contributed by atoms with E-state index in [1.54, 1.807) is 13.2 Å². The molecule has 1 unspecified atom stereocenters. The summed E-state index contributed by atoms with van der Waals surface area (Å²) >= 11 is 0. The molecule has 2 aromatic carbocycles. The Morgan fingerprint density at radius 1 is 1.17 bits per heavy atom. The predicted molar refractivity (Wildman–Crippen MR) is 115 cm³/mol. The fourth-order valence-electron chi connectivity index (χ4n) is 3.79. The lowest BCUT2D eigenvalue weighted by Gasteiger charge is -2.37. The van der Waals surface area contributed by atoms with Gasteiger partial charge in [0.15, 0.2) is 0 Å². The molecule has 0 spiro atoms. The maximum atomic E-state index is 12.8. The number of amides is 2. The molecule has 150 valence electrons. The van der Waals surface area contributed by atoms with Crippen LogP contribution in [0.2, 0.25) is 0 Å². The Kier molecular flexibility index (Phi) is 5.57. The maximum Gasteiger partial charge on any atom is 0.318 e. The van der Waals surface area contributed by atoms with Crippen LogP contribution in [0.1, 0.15) is 18.4 Å². The second-order valence-corrected chi connectivity index (χ2v) is 7.67. The zero-order chi connectivity index (χ0) is 20.3. The fourth-order valence-corrected chi connectivity index (χ4v) is 3.79. The zero-order valence-corrected chi connectivity index (χ0v) is 16.9. The molecule has 0 aromatic heterocycles. The predicted octanol–water partition coefficient (Wildman–Crippen LogP) is 3.21. The standard InChI is InChI=1S/C24H27N3O2/c1-3-22(29-2)26-15-17-27(18-16-26)23(28)25-24(13-14-24)12-11-20-9-6-8-19-7-4-5-10-21(19)20/h3-10,22H,1,13-18H2,2H3,(H,25,28). The summed E-state index contributed by atoms with van der Waals surface area (Å²) in [5, 5.41) is 5.50. The van der Waals surface area contributed by atoms with Gasteiger partial charge in [0, 0.05) is 38.9 Å². The number of piperazine rings is 1. The minimum Gasteiger partial charge on any atom is -0.363 e. The van der Waals surface area contributed by atoms with Gasteiger partial charge >= 0.3 is 6.03 Å². The molecule has 2 aliphatic rings. The summed E-state index contributed by atoms with van der Waals surface area (Å²) in [5.41, 5.74) is 0.619. The Hall–Kier alpha value is -2.81. The molecule has 29 heavy (non-hydrogen) atoms. The van der Waals surface area contributed by atoms with E-state index in [4.69, 9.17) is 4.74 Å². The van der Waals surface area contributed by atoms with Crippen molar-refractivity contribution >= 4 is 16.8 Å². The third-order valence-electron chi connectivity index (χ3n) is 5.73. The summed E-state index contributed by atoms with van der Waals surface area (Å²) in [5.74, 6) is 6.66. The topological polar surface area (TPSA) is 44.8 Å². The third kappa shape index (κ3) is 4.29. The van der Waals surface area contributed by atoms with Gasteiger partial charge in [-0.3, -0.25) is 4.90 Å². The first-order valence-corrected chi connectivity index (χ1v) is 10.1. The summed E-state index contributed by atoms with van der Waals surface area (Å²) < 4.78 is 5.40. The minimum atomic E-state index is -0.388. The fraction of sp³-hybridized carbons (Fsp3) is 0.375. The quantitative estimate of drug-likeness (QED) is 0.645. The monoisotopic (exact) mass is 389 g/mol. The van der Waals surface area contributed by atoms with Crippen molar-refractivity contribution in [3.05, 3.63) is 60.7 Å². The van der Waals surface area contributed by atoms with Crippen LogP contribution in [0.25, 0.3) is 10.8 Å². The number of nitrogens with zero attached hydrogens (tertiary/aromatic N) is 2. The van der Waals surface area contributed by atoms with Crippen LogP contribution in [0.5, 0.6) is 0 Å². The lowest BCUT2D eigenvalue weighted by Crippen LogP contribution is -2.55. The van der Waals surface area contributed by atoms with Gasteiger partial charge in [0.1, 0.15) is 11.8 Å². The first-order chi connectivity index (χ1) is 14.1. The molecule has 2 aromatic rings. The van der Waals surface area contributed by atoms with E-state index in [-0.39, 0.29) is 17.8 Å². The van der Waals surface area contributed by atoms with Gasteiger partial charge < -0.3 is 15.0 Å². The molecule has 5 nitrogen and oxygen atoms in total. The van der Waals surface area contributed by atoms with Crippen molar-refractivity contribution in [3.63, 3.8) is 0 Å². The summed E-state index contributed by atoms with van der Waals surface area (Å²) in [4.78, 5) is 16.8. The molecule has 1 aliphatic heterocycles. The highest BCUT2D eigenvalue weighted by Gasteiger charge is 2.43. The van der Waals surface area contributed by atoms with Gasteiger partial charge in [0.2, 0.25) is 0 Å². The van der Waals surface area contributed by atoms with Crippen molar-refractivity contribution in [1.82, 2.24) is 15.1 Å². The Morgan fingerprint density at radius 2 is 1.90 bits per heavy atom. The number of benzene rings is 2. The van der Waals surface area contributed by atoms with Crippen LogP contribution >= 0.6 is 0 Å². The Labute approximate surface area is 172 Å². The van der Waals surface area contributed by atoms with Crippen molar-refractivity contribution in [2.45, 2.75) is 24.6 Å². The van der Waals surface area contributed by atoms with E-state index in [9.17, 15) is 4.79 Å². The first-order valence-electron chi connectivity index (χ1n) is 10.1. The van der Waals surface area contributed by atoms with Crippen molar-refractivity contribution in [3.8, 4) is 11.8 Å². The van der Waals surface area contributed by atoms with Crippen LogP contribution in [0.15, 0.2) is 55.1 Å². The number of hydrogen-bond donors (Lipinski definition) is 1. The van der Waals surface area contributed by atoms with Gasteiger partial charge in [-0.2, -0.15) is 0 Å². The molecule has 2 amide bonds. The Balaban J connectivity index is 1.40. The van der Waals surface area contributed by atoms with E-state index in [2.05, 4.69) is 46.8 Å². The van der Waals surface area contributed by atoms with Crippen molar-refractivity contribution in [2.24, 2.45) is 0 Å².